The lowest BCUT2D eigenvalue weighted by molar-refractivity contribution is -0.124. The summed E-state index contributed by atoms with van der Waals surface area (Å²) in [5.41, 5.74) is 0. The van der Waals surface area contributed by atoms with Crippen molar-refractivity contribution in [3.05, 3.63) is 0 Å². The molecular formula is C11H19N3O4. The van der Waals surface area contributed by atoms with Crippen molar-refractivity contribution in [3.63, 3.8) is 0 Å². The fraction of sp³-hybridized carbons (Fsp3) is 0.727. The number of Topliss-reactive ketones (excluding diaryl/α,β-unsaturated/α-hetero) is 1. The third kappa shape index (κ3) is 3.51. The number of aliphatic hydroxyl groups excluding tert-OH is 1. The van der Waals surface area contributed by atoms with E-state index in [0.717, 1.165) is 6.42 Å². The molecule has 0 aromatic carbocycles. The Morgan fingerprint density at radius 1 is 1.72 bits per heavy atom. The molecule has 0 aromatic heterocycles. The van der Waals surface area contributed by atoms with Crippen LogP contribution in [0.5, 0.6) is 0 Å². The molecule has 1 aliphatic rings. The molecule has 1 fully saturated rings. The van der Waals surface area contributed by atoms with Gasteiger partial charge in [-0.25, -0.2) is 0 Å². The molecule has 1 aliphatic heterocycles. The van der Waals surface area contributed by atoms with E-state index in [9.17, 15) is 9.59 Å². The molecule has 7 heteroatoms. The van der Waals surface area contributed by atoms with E-state index >= 15 is 0 Å². The van der Waals surface area contributed by atoms with Crippen LogP contribution >= 0.6 is 0 Å². The van der Waals surface area contributed by atoms with Crippen molar-refractivity contribution in [2.24, 2.45) is 0 Å². The number of ketones is 1. The van der Waals surface area contributed by atoms with Gasteiger partial charge in [-0.3, -0.25) is 15.0 Å². The van der Waals surface area contributed by atoms with Crippen LogP contribution in [-0.4, -0.2) is 67.0 Å². The molecule has 0 unspecified atom stereocenters. The molecule has 1 amide bonds. The van der Waals surface area contributed by atoms with E-state index in [4.69, 9.17) is 15.3 Å². The van der Waals surface area contributed by atoms with Crippen LogP contribution in [0.15, 0.2) is 0 Å². The van der Waals surface area contributed by atoms with Crippen LogP contribution in [0.4, 0.5) is 0 Å². The molecule has 0 spiro atoms. The summed E-state index contributed by atoms with van der Waals surface area (Å²) in [6, 6.07) is -1.04. The zero-order valence-corrected chi connectivity index (χ0v) is 10.4. The largest absolute Gasteiger partial charge is 0.472 e. The third-order valence-corrected chi connectivity index (χ3v) is 3.02. The second-order valence-electron chi connectivity index (χ2n) is 4.14. The SMILES string of the molecule is CN[C@@H](CO)C(=O)COC(=N)[C@@H]1CCCN1C=O. The Morgan fingerprint density at radius 2 is 2.44 bits per heavy atom. The molecule has 0 radical (unpaired) electrons. The highest BCUT2D eigenvalue weighted by Gasteiger charge is 2.29. The summed E-state index contributed by atoms with van der Waals surface area (Å²) >= 11 is 0. The Morgan fingerprint density at radius 3 is 3.00 bits per heavy atom. The summed E-state index contributed by atoms with van der Waals surface area (Å²) in [7, 11) is 1.56. The fourth-order valence-electron chi connectivity index (χ4n) is 1.90. The predicted molar refractivity (Wildman–Crippen MR) is 64.4 cm³/mol. The number of carbonyl (C=O) groups is 2. The quantitative estimate of drug-likeness (QED) is 0.300. The zero-order chi connectivity index (χ0) is 13.5. The predicted octanol–water partition coefficient (Wildman–Crippen LogP) is -1.25. The molecule has 2 atom stereocenters. The fourth-order valence-corrected chi connectivity index (χ4v) is 1.90. The van der Waals surface area contributed by atoms with Crippen LogP contribution in [0.3, 0.4) is 0 Å². The van der Waals surface area contributed by atoms with Gasteiger partial charge in [-0.05, 0) is 19.9 Å². The van der Waals surface area contributed by atoms with Gasteiger partial charge in [0.05, 0.1) is 12.6 Å². The first-order chi connectivity index (χ1) is 8.63. The minimum absolute atomic E-state index is 0.0688. The van der Waals surface area contributed by atoms with Gasteiger partial charge in [0, 0.05) is 6.54 Å². The zero-order valence-electron chi connectivity index (χ0n) is 10.4. The number of nitrogens with zero attached hydrogens (tertiary/aromatic N) is 1. The maximum atomic E-state index is 11.5. The smallest absolute Gasteiger partial charge is 0.210 e. The number of amides is 1. The summed E-state index contributed by atoms with van der Waals surface area (Å²) in [5.74, 6) is -0.388. The number of aliphatic hydroxyl groups is 1. The molecule has 1 saturated heterocycles. The molecule has 0 aliphatic carbocycles. The normalized spacial score (nSPS) is 20.6. The number of hydrogen-bond donors (Lipinski definition) is 3. The maximum Gasteiger partial charge on any atom is 0.210 e. The number of carbonyl (C=O) groups excluding carboxylic acids is 2. The van der Waals surface area contributed by atoms with Crippen LogP contribution in [0, 0.1) is 5.41 Å². The van der Waals surface area contributed by atoms with E-state index in [1.54, 1.807) is 7.05 Å². The molecule has 0 bridgehead atoms. The van der Waals surface area contributed by atoms with Crippen molar-refractivity contribution in [2.45, 2.75) is 24.9 Å². The average Bonchev–Trinajstić information content (AvgIpc) is 2.85. The Kier molecular flexibility index (Phi) is 5.73. The Balaban J connectivity index is 2.41. The van der Waals surface area contributed by atoms with Crippen molar-refractivity contribution < 1.29 is 19.4 Å². The minimum atomic E-state index is -0.677. The monoisotopic (exact) mass is 257 g/mol. The van der Waals surface area contributed by atoms with Gasteiger partial charge in [0.15, 0.2) is 5.78 Å². The highest BCUT2D eigenvalue weighted by molar-refractivity contribution is 5.89. The van der Waals surface area contributed by atoms with Gasteiger partial charge in [0.25, 0.3) is 0 Å². The Bertz CT molecular complexity index is 317. The van der Waals surface area contributed by atoms with E-state index in [2.05, 4.69) is 5.32 Å². The van der Waals surface area contributed by atoms with Gasteiger partial charge < -0.3 is 20.1 Å². The first kappa shape index (κ1) is 14.6. The Labute approximate surface area is 106 Å². The number of hydrogen-bond acceptors (Lipinski definition) is 6. The van der Waals surface area contributed by atoms with Crippen LogP contribution in [0.25, 0.3) is 0 Å². The van der Waals surface area contributed by atoms with Gasteiger partial charge in [-0.15, -0.1) is 0 Å². The molecule has 1 rings (SSSR count). The van der Waals surface area contributed by atoms with Crippen molar-refractivity contribution in [3.8, 4) is 0 Å². The third-order valence-electron chi connectivity index (χ3n) is 3.02. The number of rotatable bonds is 7. The maximum absolute atomic E-state index is 11.5. The van der Waals surface area contributed by atoms with Crippen molar-refractivity contribution >= 4 is 18.1 Å². The second-order valence-corrected chi connectivity index (χ2v) is 4.14. The van der Waals surface area contributed by atoms with Crippen molar-refractivity contribution in [2.75, 3.05) is 26.8 Å². The van der Waals surface area contributed by atoms with E-state index in [1.807, 2.05) is 0 Å². The molecule has 1 heterocycles. The molecular weight excluding hydrogens is 238 g/mol. The Hall–Kier alpha value is -1.47. The van der Waals surface area contributed by atoms with Crippen molar-refractivity contribution in [1.29, 1.82) is 5.41 Å². The van der Waals surface area contributed by atoms with Crippen molar-refractivity contribution in [1.82, 2.24) is 10.2 Å². The first-order valence-electron chi connectivity index (χ1n) is 5.87. The summed E-state index contributed by atoms with van der Waals surface area (Å²) in [5, 5.41) is 19.3. The number of likely N-dealkylation sites (tertiary alicyclic amines) is 1. The lowest BCUT2D eigenvalue weighted by atomic mass is 10.2. The average molecular weight is 257 g/mol. The topological polar surface area (TPSA) is 103 Å². The van der Waals surface area contributed by atoms with E-state index in [0.29, 0.717) is 19.4 Å². The molecule has 7 nitrogen and oxygen atoms in total. The second kappa shape index (κ2) is 7.07. The first-order valence-corrected chi connectivity index (χ1v) is 5.87. The summed E-state index contributed by atoms with van der Waals surface area (Å²) < 4.78 is 5.09. The van der Waals surface area contributed by atoms with E-state index in [-0.39, 0.29) is 30.9 Å². The minimum Gasteiger partial charge on any atom is -0.472 e. The van der Waals surface area contributed by atoms with Gasteiger partial charge >= 0.3 is 0 Å². The van der Waals surface area contributed by atoms with Crippen LogP contribution in [0.1, 0.15) is 12.8 Å². The standard InChI is InChI=1S/C11H19N3O4/c1-13-8(5-15)10(17)6-18-11(12)9-3-2-4-14(9)7-16/h7-9,12-13,15H,2-6H2,1H3/t8-,9-/m0/s1. The lowest BCUT2D eigenvalue weighted by Crippen LogP contribution is -2.42. The number of ether oxygens (including phenoxy) is 1. The van der Waals surface area contributed by atoms with Gasteiger partial charge in [0.1, 0.15) is 12.6 Å². The molecule has 0 aromatic rings. The van der Waals surface area contributed by atoms with E-state index < -0.39 is 6.04 Å². The number of nitrogens with one attached hydrogen (secondary N) is 2. The summed E-state index contributed by atoms with van der Waals surface area (Å²) in [6.45, 7) is 0.0354. The van der Waals surface area contributed by atoms with E-state index in [1.165, 1.54) is 4.90 Å². The van der Waals surface area contributed by atoms with Crippen LogP contribution < -0.4 is 5.32 Å². The van der Waals surface area contributed by atoms with Gasteiger partial charge in [0.2, 0.25) is 12.3 Å². The highest BCUT2D eigenvalue weighted by Crippen LogP contribution is 2.16. The summed E-state index contributed by atoms with van der Waals surface area (Å²) in [6.07, 6.45) is 2.21. The van der Waals surface area contributed by atoms with Gasteiger partial charge in [-0.1, -0.05) is 0 Å². The molecule has 3 N–H and O–H groups in total. The van der Waals surface area contributed by atoms with Gasteiger partial charge in [-0.2, -0.15) is 0 Å². The van der Waals surface area contributed by atoms with Crippen LogP contribution in [0.2, 0.25) is 0 Å². The number of likely N-dealkylation sites (N-methyl/N-ethyl adjacent to an activating group) is 1. The summed E-state index contributed by atoms with van der Waals surface area (Å²) in [4.78, 5) is 23.8. The molecule has 18 heavy (non-hydrogen) atoms. The lowest BCUT2D eigenvalue weighted by Gasteiger charge is -2.21. The highest BCUT2D eigenvalue weighted by atomic mass is 16.5. The van der Waals surface area contributed by atoms with Crippen LogP contribution in [-0.2, 0) is 14.3 Å². The molecule has 0 saturated carbocycles. The molecule has 102 valence electrons.